The smallest absolute Gasteiger partial charge is 0.163 e. The van der Waals surface area contributed by atoms with Crippen LogP contribution in [0.25, 0.3) is 11.3 Å². The second kappa shape index (κ2) is 10.2. The number of rotatable bonds is 10. The second-order valence-electron chi connectivity index (χ2n) is 10.7. The lowest BCUT2D eigenvalue weighted by molar-refractivity contribution is 0.0396. The van der Waals surface area contributed by atoms with Crippen LogP contribution in [0.15, 0.2) is 48.5 Å². The molecule has 7 heteroatoms. The summed E-state index contributed by atoms with van der Waals surface area (Å²) >= 11 is 0. The number of nitrogens with zero attached hydrogens (tertiary/aromatic N) is 1. The van der Waals surface area contributed by atoms with Crippen molar-refractivity contribution >= 4 is 5.78 Å². The van der Waals surface area contributed by atoms with Gasteiger partial charge in [-0.15, -0.1) is 0 Å². The van der Waals surface area contributed by atoms with E-state index >= 15 is 0 Å². The van der Waals surface area contributed by atoms with Gasteiger partial charge in [0.15, 0.2) is 17.3 Å². The average Bonchev–Trinajstić information content (AvgIpc) is 3.67. The fourth-order valence-electron chi connectivity index (χ4n) is 4.06. The predicted octanol–water partition coefficient (Wildman–Crippen LogP) is 5.81. The number of aromatic nitrogens is 1. The van der Waals surface area contributed by atoms with Crippen molar-refractivity contribution in [2.45, 2.75) is 70.6 Å². The van der Waals surface area contributed by atoms with Gasteiger partial charge in [0.25, 0.3) is 0 Å². The number of Topliss-reactive ketones (excluding diaryl/α,β-unsaturated/α-hetero) is 1. The van der Waals surface area contributed by atoms with Gasteiger partial charge in [-0.05, 0) is 107 Å². The van der Waals surface area contributed by atoms with Crippen LogP contribution in [0, 0.1) is 12.7 Å². The molecule has 1 aliphatic carbocycles. The molecule has 0 bridgehead atoms. The number of hydrogen-bond donors (Lipinski definition) is 2. The number of hydrogen-bond acceptors (Lipinski definition) is 6. The van der Waals surface area contributed by atoms with Crippen LogP contribution >= 0.6 is 0 Å². The summed E-state index contributed by atoms with van der Waals surface area (Å²) in [5, 5.41) is 11.4. The normalized spacial score (nSPS) is 15.2. The van der Waals surface area contributed by atoms with E-state index in [1.165, 1.54) is 6.07 Å². The van der Waals surface area contributed by atoms with Crippen molar-refractivity contribution in [3.05, 3.63) is 76.7 Å². The van der Waals surface area contributed by atoms with Crippen molar-refractivity contribution < 1.29 is 23.8 Å². The van der Waals surface area contributed by atoms with Crippen molar-refractivity contribution in [3.8, 4) is 22.8 Å². The van der Waals surface area contributed by atoms with E-state index in [1.54, 1.807) is 57.4 Å². The summed E-state index contributed by atoms with van der Waals surface area (Å²) in [6.45, 7) is 7.07. The molecule has 196 valence electrons. The van der Waals surface area contributed by atoms with Crippen LogP contribution < -0.4 is 15.2 Å². The van der Waals surface area contributed by atoms with Gasteiger partial charge in [0.2, 0.25) is 0 Å². The first-order valence-corrected chi connectivity index (χ1v) is 12.6. The molecule has 1 saturated carbocycles. The third kappa shape index (κ3) is 6.35. The molecule has 0 spiro atoms. The SMILES string of the molecule is COc1cc(C(=O)CCC(C)(O)c2cc(C(C)(C)N)cc(-c3ccc(F)c(C)c3)n2)ccc1OC1CC1. The topological polar surface area (TPSA) is 94.7 Å². The van der Waals surface area contributed by atoms with Gasteiger partial charge in [0.05, 0.1) is 24.6 Å². The summed E-state index contributed by atoms with van der Waals surface area (Å²) in [5.74, 6) is 0.723. The van der Waals surface area contributed by atoms with Gasteiger partial charge in [-0.25, -0.2) is 9.37 Å². The van der Waals surface area contributed by atoms with Gasteiger partial charge >= 0.3 is 0 Å². The maximum atomic E-state index is 13.9. The van der Waals surface area contributed by atoms with E-state index in [1.807, 2.05) is 19.9 Å². The molecular formula is C30H35FN2O4. The van der Waals surface area contributed by atoms with E-state index in [0.29, 0.717) is 34.0 Å². The Hall–Kier alpha value is -3.29. The number of ketones is 1. The number of nitrogens with two attached hydrogens (primary N) is 1. The maximum Gasteiger partial charge on any atom is 0.163 e. The Morgan fingerprint density at radius 3 is 2.46 bits per heavy atom. The average molecular weight is 507 g/mol. The van der Waals surface area contributed by atoms with Gasteiger partial charge in [-0.1, -0.05) is 0 Å². The van der Waals surface area contributed by atoms with Crippen LogP contribution in [0.2, 0.25) is 0 Å². The first-order chi connectivity index (χ1) is 17.4. The maximum absolute atomic E-state index is 13.9. The third-order valence-corrected chi connectivity index (χ3v) is 6.72. The standard InChI is InChI=1S/C30H35FN2O4/c1-18-14-19(6-10-23(18)31)24-16-21(29(2,3)32)17-28(33-24)30(4,35)13-12-25(34)20-7-11-26(27(15-20)36-5)37-22-8-9-22/h6-7,10-11,14-17,22,35H,8-9,12-13,32H2,1-5H3. The molecule has 1 heterocycles. The molecule has 1 atom stereocenters. The molecule has 1 fully saturated rings. The lowest BCUT2D eigenvalue weighted by atomic mass is 9.88. The molecule has 4 rings (SSSR count). The van der Waals surface area contributed by atoms with E-state index in [0.717, 1.165) is 24.0 Å². The Bertz CT molecular complexity index is 1310. The van der Waals surface area contributed by atoms with Crippen LogP contribution in [-0.2, 0) is 11.1 Å². The quantitative estimate of drug-likeness (QED) is 0.337. The minimum Gasteiger partial charge on any atom is -0.493 e. The highest BCUT2D eigenvalue weighted by Gasteiger charge is 2.30. The summed E-state index contributed by atoms with van der Waals surface area (Å²) in [6.07, 6.45) is 2.52. The molecule has 0 saturated heterocycles. The minimum absolute atomic E-state index is 0.0991. The molecule has 3 aromatic rings. The van der Waals surface area contributed by atoms with E-state index in [4.69, 9.17) is 20.2 Å². The Morgan fingerprint density at radius 1 is 1.11 bits per heavy atom. The Balaban J connectivity index is 1.58. The number of ether oxygens (including phenoxy) is 2. The summed E-state index contributed by atoms with van der Waals surface area (Å²) < 4.78 is 25.1. The van der Waals surface area contributed by atoms with E-state index in [9.17, 15) is 14.3 Å². The number of benzene rings is 2. The number of aryl methyl sites for hydroxylation is 1. The Morgan fingerprint density at radius 2 is 1.84 bits per heavy atom. The number of pyridine rings is 1. The molecule has 3 N–H and O–H groups in total. The lowest BCUT2D eigenvalue weighted by Gasteiger charge is -2.27. The monoisotopic (exact) mass is 506 g/mol. The van der Waals surface area contributed by atoms with Crippen molar-refractivity contribution in [1.29, 1.82) is 0 Å². The predicted molar refractivity (Wildman–Crippen MR) is 141 cm³/mol. The van der Waals surface area contributed by atoms with Crippen LogP contribution in [0.4, 0.5) is 4.39 Å². The summed E-state index contributed by atoms with van der Waals surface area (Å²) in [7, 11) is 1.55. The zero-order chi connectivity index (χ0) is 27.0. The largest absolute Gasteiger partial charge is 0.493 e. The van der Waals surface area contributed by atoms with Gasteiger partial charge in [0.1, 0.15) is 11.4 Å². The number of aliphatic hydroxyl groups is 1. The fourth-order valence-corrected chi connectivity index (χ4v) is 4.06. The van der Waals surface area contributed by atoms with E-state index < -0.39 is 11.1 Å². The highest BCUT2D eigenvalue weighted by molar-refractivity contribution is 5.96. The van der Waals surface area contributed by atoms with Crippen molar-refractivity contribution in [2.75, 3.05) is 7.11 Å². The van der Waals surface area contributed by atoms with Crippen molar-refractivity contribution in [3.63, 3.8) is 0 Å². The second-order valence-corrected chi connectivity index (χ2v) is 10.7. The summed E-state index contributed by atoms with van der Waals surface area (Å²) in [4.78, 5) is 17.7. The van der Waals surface area contributed by atoms with Crippen LogP contribution in [0.5, 0.6) is 11.5 Å². The minimum atomic E-state index is -1.40. The van der Waals surface area contributed by atoms with Gasteiger partial charge < -0.3 is 20.3 Å². The van der Waals surface area contributed by atoms with Crippen molar-refractivity contribution in [2.24, 2.45) is 5.73 Å². The third-order valence-electron chi connectivity index (χ3n) is 6.72. The fraction of sp³-hybridized carbons (Fsp3) is 0.400. The zero-order valence-corrected chi connectivity index (χ0v) is 22.1. The van der Waals surface area contributed by atoms with Gasteiger partial charge in [0, 0.05) is 23.1 Å². The molecule has 1 aromatic heterocycles. The van der Waals surface area contributed by atoms with Crippen molar-refractivity contribution in [1.82, 2.24) is 4.98 Å². The molecule has 0 amide bonds. The number of halogens is 1. The summed E-state index contributed by atoms with van der Waals surface area (Å²) in [5.41, 5.74) is 7.76. The lowest BCUT2D eigenvalue weighted by Crippen LogP contribution is -2.31. The van der Waals surface area contributed by atoms with Crippen LogP contribution in [0.3, 0.4) is 0 Å². The number of carbonyl (C=O) groups excluding carboxylic acids is 1. The number of carbonyl (C=O) groups is 1. The Labute approximate surface area is 217 Å². The highest BCUT2D eigenvalue weighted by atomic mass is 19.1. The molecular weight excluding hydrogens is 471 g/mol. The first kappa shape index (κ1) is 26.8. The van der Waals surface area contributed by atoms with Crippen LogP contribution in [0.1, 0.15) is 73.6 Å². The molecule has 6 nitrogen and oxygen atoms in total. The number of methoxy groups -OCH3 is 1. The molecule has 1 aliphatic rings. The molecule has 1 unspecified atom stereocenters. The zero-order valence-electron chi connectivity index (χ0n) is 22.1. The Kier molecular flexibility index (Phi) is 7.40. The molecule has 2 aromatic carbocycles. The van der Waals surface area contributed by atoms with E-state index in [2.05, 4.69) is 0 Å². The highest BCUT2D eigenvalue weighted by Crippen LogP contribution is 2.35. The molecule has 37 heavy (non-hydrogen) atoms. The van der Waals surface area contributed by atoms with Crippen LogP contribution in [-0.4, -0.2) is 29.1 Å². The van der Waals surface area contributed by atoms with E-state index in [-0.39, 0.29) is 30.5 Å². The van der Waals surface area contributed by atoms with Gasteiger partial charge in [-0.2, -0.15) is 0 Å². The first-order valence-electron chi connectivity index (χ1n) is 12.6. The van der Waals surface area contributed by atoms with Gasteiger partial charge in [-0.3, -0.25) is 4.79 Å². The molecule has 0 radical (unpaired) electrons. The summed E-state index contributed by atoms with van der Waals surface area (Å²) in [6, 6.07) is 13.6. The molecule has 0 aliphatic heterocycles.